The van der Waals surface area contributed by atoms with Crippen LogP contribution in [0.15, 0.2) is 28.7 Å². The van der Waals surface area contributed by atoms with E-state index in [0.29, 0.717) is 12.4 Å². The lowest BCUT2D eigenvalue weighted by atomic mass is 10.3. The second-order valence-electron chi connectivity index (χ2n) is 3.32. The molecule has 0 aromatic heterocycles. The van der Waals surface area contributed by atoms with Crippen molar-refractivity contribution in [3.05, 3.63) is 28.7 Å². The van der Waals surface area contributed by atoms with Crippen molar-refractivity contribution >= 4 is 33.7 Å². The Morgan fingerprint density at radius 2 is 2.12 bits per heavy atom. The number of carboxylic acids is 1. The molecule has 0 amide bonds. The zero-order chi connectivity index (χ0) is 12.7. The molecule has 0 aliphatic carbocycles. The Kier molecular flexibility index (Phi) is 6.39. The van der Waals surface area contributed by atoms with Gasteiger partial charge in [-0.1, -0.05) is 15.9 Å². The quantitative estimate of drug-likeness (QED) is 0.752. The van der Waals surface area contributed by atoms with Crippen molar-refractivity contribution in [1.82, 2.24) is 0 Å². The summed E-state index contributed by atoms with van der Waals surface area (Å²) in [5.41, 5.74) is 5.36. The molecular formula is C11H14BrNO3S. The van der Waals surface area contributed by atoms with E-state index in [1.165, 1.54) is 11.8 Å². The van der Waals surface area contributed by atoms with Gasteiger partial charge >= 0.3 is 5.97 Å². The van der Waals surface area contributed by atoms with Crippen LogP contribution in [0.2, 0.25) is 0 Å². The molecule has 0 fully saturated rings. The standard InChI is InChI=1S/C11H14BrNO3S/c12-8-1-3-9(4-2-8)16-5-6-17-7-10(13)11(14)15/h1-4,10H,5-7,13H2,(H,14,15)/t10-/m1/s1. The average Bonchev–Trinajstić information content (AvgIpc) is 2.30. The molecule has 0 aliphatic heterocycles. The third kappa shape index (κ3) is 5.95. The number of hydrogen-bond acceptors (Lipinski definition) is 4. The van der Waals surface area contributed by atoms with E-state index in [0.717, 1.165) is 16.0 Å². The van der Waals surface area contributed by atoms with Crippen LogP contribution in [0.5, 0.6) is 5.75 Å². The monoisotopic (exact) mass is 319 g/mol. The lowest BCUT2D eigenvalue weighted by Gasteiger charge is -2.07. The minimum Gasteiger partial charge on any atom is -0.493 e. The number of hydrogen-bond donors (Lipinski definition) is 2. The molecule has 0 bridgehead atoms. The van der Waals surface area contributed by atoms with E-state index < -0.39 is 12.0 Å². The molecule has 0 aliphatic rings. The maximum atomic E-state index is 10.4. The molecule has 0 unspecified atom stereocenters. The normalized spacial score (nSPS) is 12.1. The highest BCUT2D eigenvalue weighted by Crippen LogP contribution is 2.16. The second kappa shape index (κ2) is 7.58. The van der Waals surface area contributed by atoms with Crippen LogP contribution in [0.3, 0.4) is 0 Å². The second-order valence-corrected chi connectivity index (χ2v) is 5.39. The Hall–Kier alpha value is -0.720. The third-order valence-corrected chi connectivity index (χ3v) is 3.50. The first-order valence-electron chi connectivity index (χ1n) is 5.04. The van der Waals surface area contributed by atoms with Gasteiger partial charge in [0.05, 0.1) is 6.61 Å². The van der Waals surface area contributed by atoms with E-state index in [1.807, 2.05) is 24.3 Å². The molecule has 0 heterocycles. The number of ether oxygens (including phenoxy) is 1. The fourth-order valence-electron chi connectivity index (χ4n) is 1.03. The zero-order valence-corrected chi connectivity index (χ0v) is 11.5. The Balaban J connectivity index is 2.12. The summed E-state index contributed by atoms with van der Waals surface area (Å²) in [6, 6.07) is 6.76. The van der Waals surface area contributed by atoms with Gasteiger partial charge in [0, 0.05) is 16.0 Å². The van der Waals surface area contributed by atoms with E-state index in [-0.39, 0.29) is 0 Å². The first-order chi connectivity index (χ1) is 8.09. The van der Waals surface area contributed by atoms with Gasteiger partial charge in [-0.25, -0.2) is 0 Å². The van der Waals surface area contributed by atoms with Crippen LogP contribution >= 0.6 is 27.7 Å². The minimum absolute atomic E-state index is 0.402. The molecule has 1 atom stereocenters. The van der Waals surface area contributed by atoms with E-state index in [4.69, 9.17) is 15.6 Å². The number of nitrogens with two attached hydrogens (primary N) is 1. The van der Waals surface area contributed by atoms with Gasteiger partial charge in [0.15, 0.2) is 0 Å². The summed E-state index contributed by atoms with van der Waals surface area (Å²) in [6.07, 6.45) is 0. The summed E-state index contributed by atoms with van der Waals surface area (Å²) in [5.74, 6) is 0.957. The van der Waals surface area contributed by atoms with Crippen molar-refractivity contribution in [3.8, 4) is 5.75 Å². The third-order valence-electron chi connectivity index (χ3n) is 1.92. The predicted molar refractivity (Wildman–Crippen MR) is 72.6 cm³/mol. The molecule has 0 spiro atoms. The van der Waals surface area contributed by atoms with Gasteiger partial charge in [0.2, 0.25) is 0 Å². The van der Waals surface area contributed by atoms with Gasteiger partial charge in [0.1, 0.15) is 11.8 Å². The molecule has 1 aromatic rings. The number of aliphatic carboxylic acids is 1. The van der Waals surface area contributed by atoms with Crippen molar-refractivity contribution in [2.75, 3.05) is 18.1 Å². The molecule has 4 nitrogen and oxygen atoms in total. The maximum absolute atomic E-state index is 10.4. The molecule has 0 saturated heterocycles. The summed E-state index contributed by atoms with van der Waals surface area (Å²) < 4.78 is 6.48. The maximum Gasteiger partial charge on any atom is 0.321 e. The van der Waals surface area contributed by atoms with Crippen molar-refractivity contribution in [1.29, 1.82) is 0 Å². The Labute approximate surface area is 113 Å². The highest BCUT2D eigenvalue weighted by Gasteiger charge is 2.10. The first kappa shape index (κ1) is 14.3. The summed E-state index contributed by atoms with van der Waals surface area (Å²) >= 11 is 4.81. The van der Waals surface area contributed by atoms with Crippen molar-refractivity contribution in [3.63, 3.8) is 0 Å². The molecule has 1 rings (SSSR count). The van der Waals surface area contributed by atoms with Gasteiger partial charge in [-0.05, 0) is 24.3 Å². The van der Waals surface area contributed by atoms with E-state index in [2.05, 4.69) is 15.9 Å². The van der Waals surface area contributed by atoms with E-state index in [9.17, 15) is 4.79 Å². The zero-order valence-electron chi connectivity index (χ0n) is 9.14. The smallest absolute Gasteiger partial charge is 0.321 e. The lowest BCUT2D eigenvalue weighted by Crippen LogP contribution is -2.32. The van der Waals surface area contributed by atoms with Crippen molar-refractivity contribution < 1.29 is 14.6 Å². The highest BCUT2D eigenvalue weighted by molar-refractivity contribution is 9.10. The molecule has 1 aromatic carbocycles. The average molecular weight is 320 g/mol. The van der Waals surface area contributed by atoms with Gasteiger partial charge in [0.25, 0.3) is 0 Å². The van der Waals surface area contributed by atoms with Gasteiger partial charge in [-0.3, -0.25) is 4.79 Å². The predicted octanol–water partition coefficient (Wildman–Crippen LogP) is 1.97. The fraction of sp³-hybridized carbons (Fsp3) is 0.364. The minimum atomic E-state index is -0.966. The van der Waals surface area contributed by atoms with E-state index >= 15 is 0 Å². The van der Waals surface area contributed by atoms with E-state index in [1.54, 1.807) is 0 Å². The van der Waals surface area contributed by atoms with Crippen LogP contribution in [0.4, 0.5) is 0 Å². The molecule has 6 heteroatoms. The van der Waals surface area contributed by atoms with Crippen LogP contribution in [-0.2, 0) is 4.79 Å². The van der Waals surface area contributed by atoms with Crippen LogP contribution < -0.4 is 10.5 Å². The highest BCUT2D eigenvalue weighted by atomic mass is 79.9. The molecule has 94 valence electrons. The molecule has 0 saturated carbocycles. The molecule has 3 N–H and O–H groups in total. The van der Waals surface area contributed by atoms with Gasteiger partial charge in [-0.2, -0.15) is 11.8 Å². The lowest BCUT2D eigenvalue weighted by molar-refractivity contribution is -0.137. The number of carbonyl (C=O) groups is 1. The Bertz CT molecular complexity index is 358. The first-order valence-corrected chi connectivity index (χ1v) is 6.99. The SMILES string of the molecule is N[C@H](CSCCOc1ccc(Br)cc1)C(=O)O. The van der Waals surface area contributed by atoms with Crippen LogP contribution in [0.25, 0.3) is 0 Å². The fourth-order valence-corrected chi connectivity index (χ4v) is 2.06. The number of carboxylic acid groups (broad SMARTS) is 1. The number of benzene rings is 1. The number of rotatable bonds is 7. The topological polar surface area (TPSA) is 72.5 Å². The summed E-state index contributed by atoms with van der Waals surface area (Å²) in [5, 5.41) is 8.57. The largest absolute Gasteiger partial charge is 0.493 e. The van der Waals surface area contributed by atoms with Gasteiger partial charge < -0.3 is 15.6 Å². The van der Waals surface area contributed by atoms with Crippen LogP contribution in [0, 0.1) is 0 Å². The van der Waals surface area contributed by atoms with Crippen molar-refractivity contribution in [2.45, 2.75) is 6.04 Å². The summed E-state index contributed by atoms with van der Waals surface area (Å²) in [6.45, 7) is 0.540. The number of halogens is 1. The number of thioether (sulfide) groups is 1. The van der Waals surface area contributed by atoms with Crippen LogP contribution in [0.1, 0.15) is 0 Å². The molecule has 17 heavy (non-hydrogen) atoms. The summed E-state index contributed by atoms with van der Waals surface area (Å²) in [4.78, 5) is 10.4. The van der Waals surface area contributed by atoms with Crippen LogP contribution in [-0.4, -0.2) is 35.2 Å². The van der Waals surface area contributed by atoms with Crippen molar-refractivity contribution in [2.24, 2.45) is 5.73 Å². The Morgan fingerprint density at radius 1 is 1.47 bits per heavy atom. The molecule has 0 radical (unpaired) electrons. The van der Waals surface area contributed by atoms with Gasteiger partial charge in [-0.15, -0.1) is 0 Å². The Morgan fingerprint density at radius 3 is 2.71 bits per heavy atom. The summed E-state index contributed by atoms with van der Waals surface area (Å²) in [7, 11) is 0. The molecular weight excluding hydrogens is 306 g/mol.